The third kappa shape index (κ3) is 2.48. The Morgan fingerprint density at radius 3 is 2.58 bits per heavy atom. The lowest BCUT2D eigenvalue weighted by molar-refractivity contribution is -0.150. The van der Waals surface area contributed by atoms with E-state index < -0.39 is 6.10 Å². The molecule has 1 fully saturated rings. The number of carbonyl (C=O) groups is 1. The number of nitrogens with one attached hydrogen (secondary N) is 1. The van der Waals surface area contributed by atoms with Gasteiger partial charge in [-0.05, 0) is 17.7 Å². The van der Waals surface area contributed by atoms with Gasteiger partial charge in [0.2, 0.25) is 0 Å². The van der Waals surface area contributed by atoms with Crippen molar-refractivity contribution >= 4 is 5.91 Å². The fraction of sp³-hybridized carbons (Fsp3) is 0.200. The quantitative estimate of drug-likeness (QED) is 0.847. The molecule has 19 heavy (non-hydrogen) atoms. The number of hydrogen-bond donors (Lipinski definition) is 1. The van der Waals surface area contributed by atoms with Crippen LogP contribution in [0.2, 0.25) is 0 Å². The molecule has 2 aromatic rings. The number of β-lactam (4-membered cyclic amide) rings is 1. The van der Waals surface area contributed by atoms with Crippen molar-refractivity contribution in [3.8, 4) is 0 Å². The zero-order chi connectivity index (χ0) is 13.1. The van der Waals surface area contributed by atoms with Crippen LogP contribution >= 0.6 is 0 Å². The average Bonchev–Trinajstić information content (AvgIpc) is 2.47. The van der Waals surface area contributed by atoms with Gasteiger partial charge in [0.15, 0.2) is 6.10 Å². The zero-order valence-electron chi connectivity index (χ0n) is 10.3. The van der Waals surface area contributed by atoms with Crippen molar-refractivity contribution in [3.05, 3.63) is 66.0 Å². The number of amides is 1. The molecule has 2 atom stereocenters. The minimum atomic E-state index is -0.449. The maximum atomic E-state index is 11.6. The van der Waals surface area contributed by atoms with Crippen LogP contribution in [0.15, 0.2) is 54.7 Å². The summed E-state index contributed by atoms with van der Waals surface area (Å²) in [5, 5.41) is 2.82. The molecule has 1 amide bonds. The van der Waals surface area contributed by atoms with Crippen LogP contribution in [0.1, 0.15) is 17.3 Å². The lowest BCUT2D eigenvalue weighted by Gasteiger charge is -2.35. The number of rotatable bonds is 4. The van der Waals surface area contributed by atoms with Crippen molar-refractivity contribution in [3.63, 3.8) is 0 Å². The second-order valence-corrected chi connectivity index (χ2v) is 4.46. The number of nitrogens with zero attached hydrogens (tertiary/aromatic N) is 1. The molecule has 1 aliphatic heterocycles. The monoisotopic (exact) mass is 254 g/mol. The fourth-order valence-corrected chi connectivity index (χ4v) is 2.09. The number of aromatic nitrogens is 1. The van der Waals surface area contributed by atoms with Crippen molar-refractivity contribution in [2.45, 2.75) is 18.8 Å². The van der Waals surface area contributed by atoms with E-state index in [1.54, 1.807) is 6.20 Å². The molecular weight excluding hydrogens is 240 g/mol. The first-order chi connectivity index (χ1) is 9.34. The standard InChI is InChI=1S/C15H14N2O2/c18-15-14(19-10-11-6-2-1-3-7-11)13(17-15)12-8-4-5-9-16-12/h1-9,13-14H,10H2,(H,17,18). The molecule has 1 aromatic heterocycles. The summed E-state index contributed by atoms with van der Waals surface area (Å²) in [4.78, 5) is 15.8. The predicted molar refractivity (Wildman–Crippen MR) is 70.1 cm³/mol. The van der Waals surface area contributed by atoms with Crippen LogP contribution in [-0.2, 0) is 16.1 Å². The normalized spacial score (nSPS) is 21.6. The summed E-state index contributed by atoms with van der Waals surface area (Å²) in [7, 11) is 0. The minimum Gasteiger partial charge on any atom is -0.361 e. The number of pyridine rings is 1. The Morgan fingerprint density at radius 2 is 1.89 bits per heavy atom. The summed E-state index contributed by atoms with van der Waals surface area (Å²) in [6.45, 7) is 0.433. The van der Waals surface area contributed by atoms with E-state index in [0.717, 1.165) is 11.3 Å². The van der Waals surface area contributed by atoms with Crippen LogP contribution in [0.25, 0.3) is 0 Å². The highest BCUT2D eigenvalue weighted by Crippen LogP contribution is 2.26. The van der Waals surface area contributed by atoms with E-state index >= 15 is 0 Å². The summed E-state index contributed by atoms with van der Waals surface area (Å²) in [5.74, 6) is -0.0772. The van der Waals surface area contributed by atoms with E-state index in [2.05, 4.69) is 10.3 Å². The van der Waals surface area contributed by atoms with Gasteiger partial charge in [-0.15, -0.1) is 0 Å². The molecule has 4 heteroatoms. The van der Waals surface area contributed by atoms with Crippen molar-refractivity contribution in [1.82, 2.24) is 10.3 Å². The van der Waals surface area contributed by atoms with Gasteiger partial charge in [-0.1, -0.05) is 36.4 Å². The Bertz CT molecular complexity index is 557. The topological polar surface area (TPSA) is 51.2 Å². The van der Waals surface area contributed by atoms with Crippen molar-refractivity contribution in [2.24, 2.45) is 0 Å². The molecule has 1 aromatic carbocycles. The van der Waals surface area contributed by atoms with Gasteiger partial charge in [0.25, 0.3) is 5.91 Å². The maximum absolute atomic E-state index is 11.6. The Morgan fingerprint density at radius 1 is 1.11 bits per heavy atom. The first-order valence-corrected chi connectivity index (χ1v) is 6.21. The van der Waals surface area contributed by atoms with Crippen molar-refractivity contribution in [1.29, 1.82) is 0 Å². The maximum Gasteiger partial charge on any atom is 0.252 e. The highest BCUT2D eigenvalue weighted by Gasteiger charge is 2.42. The van der Waals surface area contributed by atoms with E-state index in [4.69, 9.17) is 4.74 Å². The second-order valence-electron chi connectivity index (χ2n) is 4.46. The Hall–Kier alpha value is -2.20. The molecule has 0 spiro atoms. The molecule has 0 radical (unpaired) electrons. The number of carbonyl (C=O) groups excluding carboxylic acids is 1. The van der Waals surface area contributed by atoms with Crippen LogP contribution in [0, 0.1) is 0 Å². The SMILES string of the molecule is O=C1NC(c2ccccn2)C1OCc1ccccc1. The lowest BCUT2D eigenvalue weighted by Crippen LogP contribution is -2.57. The first kappa shape index (κ1) is 11.9. The van der Waals surface area contributed by atoms with Crippen LogP contribution in [0.5, 0.6) is 0 Å². The van der Waals surface area contributed by atoms with Gasteiger partial charge >= 0.3 is 0 Å². The molecule has 0 bridgehead atoms. The van der Waals surface area contributed by atoms with Gasteiger partial charge in [0.05, 0.1) is 12.3 Å². The van der Waals surface area contributed by atoms with Crippen LogP contribution in [0.4, 0.5) is 0 Å². The molecule has 4 nitrogen and oxygen atoms in total. The van der Waals surface area contributed by atoms with Crippen LogP contribution < -0.4 is 5.32 Å². The number of benzene rings is 1. The molecule has 0 saturated carbocycles. The summed E-state index contributed by atoms with van der Waals surface area (Å²) in [6.07, 6.45) is 1.27. The predicted octanol–water partition coefficient (Wildman–Crippen LogP) is 1.84. The van der Waals surface area contributed by atoms with Gasteiger partial charge in [-0.2, -0.15) is 0 Å². The average molecular weight is 254 g/mol. The highest BCUT2D eigenvalue weighted by atomic mass is 16.5. The second kappa shape index (κ2) is 5.20. The molecule has 1 aliphatic rings. The minimum absolute atomic E-state index is 0.0772. The van der Waals surface area contributed by atoms with E-state index in [1.165, 1.54) is 0 Å². The smallest absolute Gasteiger partial charge is 0.252 e. The molecule has 2 heterocycles. The third-order valence-corrected chi connectivity index (χ3v) is 3.14. The zero-order valence-corrected chi connectivity index (χ0v) is 10.3. The van der Waals surface area contributed by atoms with Gasteiger partial charge < -0.3 is 10.1 Å². The van der Waals surface area contributed by atoms with E-state index in [-0.39, 0.29) is 11.9 Å². The third-order valence-electron chi connectivity index (χ3n) is 3.14. The van der Waals surface area contributed by atoms with Gasteiger partial charge in [-0.25, -0.2) is 0 Å². The van der Waals surface area contributed by atoms with Crippen LogP contribution in [0.3, 0.4) is 0 Å². The van der Waals surface area contributed by atoms with Gasteiger partial charge in [-0.3, -0.25) is 9.78 Å². The summed E-state index contributed by atoms with van der Waals surface area (Å²) < 4.78 is 5.69. The molecule has 1 saturated heterocycles. The van der Waals surface area contributed by atoms with E-state index in [1.807, 2.05) is 48.5 Å². The summed E-state index contributed by atoms with van der Waals surface area (Å²) >= 11 is 0. The van der Waals surface area contributed by atoms with E-state index in [9.17, 15) is 4.79 Å². The number of hydrogen-bond acceptors (Lipinski definition) is 3. The lowest BCUT2D eigenvalue weighted by atomic mass is 9.98. The van der Waals surface area contributed by atoms with Crippen molar-refractivity contribution < 1.29 is 9.53 Å². The fourth-order valence-electron chi connectivity index (χ4n) is 2.09. The molecule has 1 N–H and O–H groups in total. The van der Waals surface area contributed by atoms with Gasteiger partial charge in [0, 0.05) is 6.20 Å². The number of ether oxygens (including phenoxy) is 1. The summed E-state index contributed by atoms with van der Waals surface area (Å²) in [5.41, 5.74) is 1.89. The Kier molecular flexibility index (Phi) is 3.25. The van der Waals surface area contributed by atoms with E-state index in [0.29, 0.717) is 6.61 Å². The van der Waals surface area contributed by atoms with Crippen LogP contribution in [-0.4, -0.2) is 17.0 Å². The first-order valence-electron chi connectivity index (χ1n) is 6.21. The summed E-state index contributed by atoms with van der Waals surface area (Å²) in [6, 6.07) is 15.3. The molecule has 3 rings (SSSR count). The molecular formula is C15H14N2O2. The Labute approximate surface area is 111 Å². The van der Waals surface area contributed by atoms with Gasteiger partial charge in [0.1, 0.15) is 6.04 Å². The molecule has 2 unspecified atom stereocenters. The largest absolute Gasteiger partial charge is 0.361 e. The molecule has 0 aliphatic carbocycles. The van der Waals surface area contributed by atoms with Crippen molar-refractivity contribution in [2.75, 3.05) is 0 Å². The highest BCUT2D eigenvalue weighted by molar-refractivity contribution is 5.88. The molecule has 96 valence electrons. The Balaban J connectivity index is 1.65.